The van der Waals surface area contributed by atoms with Gasteiger partial charge in [-0.25, -0.2) is 4.79 Å². The Morgan fingerprint density at radius 3 is 2.48 bits per heavy atom. The molecule has 4 nitrogen and oxygen atoms in total. The van der Waals surface area contributed by atoms with Crippen molar-refractivity contribution in [1.29, 1.82) is 0 Å². The van der Waals surface area contributed by atoms with Crippen LogP contribution in [0.5, 0.6) is 0 Å². The Hall–Kier alpha value is -1.75. The summed E-state index contributed by atoms with van der Waals surface area (Å²) in [5.41, 5.74) is 0.0947. The molecule has 0 spiro atoms. The molecule has 2 aromatic rings. The summed E-state index contributed by atoms with van der Waals surface area (Å²) in [7, 11) is 0. The lowest BCUT2D eigenvalue weighted by molar-refractivity contribution is 0.546. The number of aromatic nitrogens is 2. The summed E-state index contributed by atoms with van der Waals surface area (Å²) in [5, 5.41) is 0.769. The van der Waals surface area contributed by atoms with Gasteiger partial charge in [0.15, 0.2) is 0 Å². The van der Waals surface area contributed by atoms with E-state index in [-0.39, 0.29) is 11.2 Å². The van der Waals surface area contributed by atoms with Crippen molar-refractivity contribution in [2.75, 3.05) is 0 Å². The molecule has 1 aromatic carbocycles. The molecular weight excluding hydrogens is 284 g/mol. The molecule has 21 heavy (non-hydrogen) atoms. The predicted molar refractivity (Wildman–Crippen MR) is 86.2 cm³/mol. The number of nitrogens with zero attached hydrogens (tertiary/aromatic N) is 1. The molecule has 0 atom stereocenters. The second kappa shape index (κ2) is 7.31. The van der Waals surface area contributed by atoms with Crippen LogP contribution in [-0.2, 0) is 13.0 Å². The van der Waals surface area contributed by atoms with E-state index in [0.717, 1.165) is 22.8 Å². The third-order valence-electron chi connectivity index (χ3n) is 3.29. The summed E-state index contributed by atoms with van der Waals surface area (Å²) in [4.78, 5) is 27.6. The molecule has 0 aliphatic carbocycles. The zero-order chi connectivity index (χ0) is 15.2. The average molecular weight is 304 g/mol. The lowest BCUT2D eigenvalue weighted by Crippen LogP contribution is -2.33. The van der Waals surface area contributed by atoms with Gasteiger partial charge in [-0.15, -0.1) is 0 Å². The van der Waals surface area contributed by atoms with Gasteiger partial charge in [0.2, 0.25) is 0 Å². The highest BCUT2D eigenvalue weighted by Gasteiger charge is 2.14. The number of unbranched alkanes of at least 4 members (excludes halogenated alkanes) is 1. The van der Waals surface area contributed by atoms with Crippen molar-refractivity contribution in [3.05, 3.63) is 56.7 Å². The number of hydrogen-bond donors (Lipinski definition) is 1. The molecule has 0 saturated carbocycles. The van der Waals surface area contributed by atoms with E-state index in [0.29, 0.717) is 18.5 Å². The van der Waals surface area contributed by atoms with Gasteiger partial charge in [0.05, 0.1) is 5.03 Å². The molecule has 0 saturated heterocycles. The van der Waals surface area contributed by atoms with Gasteiger partial charge in [-0.05, 0) is 25.0 Å². The lowest BCUT2D eigenvalue weighted by atomic mass is 10.2. The largest absolute Gasteiger partial charge is 0.329 e. The predicted octanol–water partition coefficient (Wildman–Crippen LogP) is 3.05. The molecule has 0 aliphatic rings. The van der Waals surface area contributed by atoms with Crippen LogP contribution in [0.4, 0.5) is 0 Å². The molecule has 1 heterocycles. The van der Waals surface area contributed by atoms with Crippen molar-refractivity contribution in [2.24, 2.45) is 0 Å². The zero-order valence-electron chi connectivity index (χ0n) is 12.4. The summed E-state index contributed by atoms with van der Waals surface area (Å²) in [6.45, 7) is 4.66. The van der Waals surface area contributed by atoms with E-state index in [4.69, 9.17) is 0 Å². The average Bonchev–Trinajstić information content (AvgIpc) is 2.48. The van der Waals surface area contributed by atoms with Gasteiger partial charge in [0, 0.05) is 17.0 Å². The van der Waals surface area contributed by atoms with Crippen LogP contribution in [0.1, 0.15) is 32.3 Å². The van der Waals surface area contributed by atoms with Gasteiger partial charge >= 0.3 is 5.69 Å². The number of rotatable bonds is 6. The van der Waals surface area contributed by atoms with Gasteiger partial charge in [0.25, 0.3) is 5.56 Å². The maximum Gasteiger partial charge on any atom is 0.329 e. The summed E-state index contributed by atoms with van der Waals surface area (Å²) in [5.74, 6) is 0. The van der Waals surface area contributed by atoms with Crippen LogP contribution >= 0.6 is 11.8 Å². The van der Waals surface area contributed by atoms with Crippen LogP contribution < -0.4 is 11.2 Å². The van der Waals surface area contributed by atoms with Gasteiger partial charge < -0.3 is 0 Å². The van der Waals surface area contributed by atoms with Crippen molar-refractivity contribution in [2.45, 2.75) is 49.6 Å². The number of H-pyrrole nitrogens is 1. The second-order valence-corrected chi connectivity index (χ2v) is 5.88. The van der Waals surface area contributed by atoms with E-state index in [1.807, 2.05) is 37.3 Å². The fourth-order valence-electron chi connectivity index (χ4n) is 2.14. The molecule has 1 N–H and O–H groups in total. The first-order valence-corrected chi connectivity index (χ1v) is 8.07. The Morgan fingerprint density at radius 2 is 1.86 bits per heavy atom. The lowest BCUT2D eigenvalue weighted by Gasteiger charge is -2.14. The second-order valence-electron chi connectivity index (χ2n) is 4.82. The van der Waals surface area contributed by atoms with E-state index in [2.05, 4.69) is 11.9 Å². The molecule has 0 fully saturated rings. The molecular formula is C16H20N2O2S. The summed E-state index contributed by atoms with van der Waals surface area (Å²) < 4.78 is 1.70. The third-order valence-corrected chi connectivity index (χ3v) is 4.46. The molecule has 0 amide bonds. The Kier molecular flexibility index (Phi) is 5.44. The van der Waals surface area contributed by atoms with Gasteiger partial charge in [-0.2, -0.15) is 0 Å². The summed E-state index contributed by atoms with van der Waals surface area (Å²) in [6.07, 6.45) is 2.52. The van der Waals surface area contributed by atoms with E-state index < -0.39 is 0 Å². The van der Waals surface area contributed by atoms with E-state index >= 15 is 0 Å². The molecule has 2 rings (SSSR count). The Labute approximate surface area is 128 Å². The molecule has 0 radical (unpaired) electrons. The maximum atomic E-state index is 12.1. The quantitative estimate of drug-likeness (QED) is 0.835. The van der Waals surface area contributed by atoms with E-state index in [1.54, 1.807) is 4.57 Å². The topological polar surface area (TPSA) is 54.9 Å². The SMILES string of the molecule is CCCCn1c(Sc2ccccc2)c(CC)c(=O)[nH]c1=O. The fourth-order valence-corrected chi connectivity index (χ4v) is 3.30. The van der Waals surface area contributed by atoms with Crippen molar-refractivity contribution < 1.29 is 0 Å². The fraction of sp³-hybridized carbons (Fsp3) is 0.375. The van der Waals surface area contributed by atoms with Crippen molar-refractivity contribution in [3.8, 4) is 0 Å². The van der Waals surface area contributed by atoms with Crippen LogP contribution in [0.3, 0.4) is 0 Å². The highest BCUT2D eigenvalue weighted by atomic mass is 32.2. The van der Waals surface area contributed by atoms with E-state index in [1.165, 1.54) is 11.8 Å². The van der Waals surface area contributed by atoms with Crippen LogP contribution in [0.15, 0.2) is 49.8 Å². The van der Waals surface area contributed by atoms with Gasteiger partial charge in [-0.3, -0.25) is 14.3 Å². The Morgan fingerprint density at radius 1 is 1.14 bits per heavy atom. The highest BCUT2D eigenvalue weighted by molar-refractivity contribution is 7.99. The normalized spacial score (nSPS) is 10.8. The number of benzene rings is 1. The first kappa shape index (κ1) is 15.6. The minimum atomic E-state index is -0.316. The third kappa shape index (κ3) is 3.67. The minimum Gasteiger partial charge on any atom is -0.288 e. The van der Waals surface area contributed by atoms with Crippen LogP contribution in [0.25, 0.3) is 0 Å². The van der Waals surface area contributed by atoms with Crippen LogP contribution in [0.2, 0.25) is 0 Å². The first-order chi connectivity index (χ1) is 10.2. The standard InChI is InChI=1S/C16H20N2O2S/c1-3-5-11-18-15(21-12-9-7-6-8-10-12)13(4-2)14(19)17-16(18)20/h6-10H,3-5,11H2,1-2H3,(H,17,19,20). The Balaban J connectivity index is 2.53. The highest BCUT2D eigenvalue weighted by Crippen LogP contribution is 2.28. The molecule has 1 aromatic heterocycles. The summed E-state index contributed by atoms with van der Waals surface area (Å²) >= 11 is 1.49. The zero-order valence-corrected chi connectivity index (χ0v) is 13.2. The first-order valence-electron chi connectivity index (χ1n) is 7.26. The Bertz CT molecular complexity index is 704. The molecule has 112 valence electrons. The van der Waals surface area contributed by atoms with Crippen molar-refractivity contribution in [1.82, 2.24) is 9.55 Å². The van der Waals surface area contributed by atoms with Crippen molar-refractivity contribution >= 4 is 11.8 Å². The van der Waals surface area contributed by atoms with Gasteiger partial charge in [0.1, 0.15) is 0 Å². The molecule has 0 unspecified atom stereocenters. The molecule has 0 bridgehead atoms. The van der Waals surface area contributed by atoms with E-state index in [9.17, 15) is 9.59 Å². The minimum absolute atomic E-state index is 0.270. The van der Waals surface area contributed by atoms with Crippen LogP contribution in [0, 0.1) is 0 Å². The van der Waals surface area contributed by atoms with Crippen molar-refractivity contribution in [3.63, 3.8) is 0 Å². The monoisotopic (exact) mass is 304 g/mol. The number of nitrogens with one attached hydrogen (secondary N) is 1. The molecule has 0 aliphatic heterocycles. The maximum absolute atomic E-state index is 12.1. The molecule has 5 heteroatoms. The smallest absolute Gasteiger partial charge is 0.288 e. The number of hydrogen-bond acceptors (Lipinski definition) is 3. The summed E-state index contributed by atoms with van der Waals surface area (Å²) in [6, 6.07) is 9.83. The van der Waals surface area contributed by atoms with Gasteiger partial charge in [-0.1, -0.05) is 50.2 Å². The van der Waals surface area contributed by atoms with Crippen LogP contribution in [-0.4, -0.2) is 9.55 Å². The number of aromatic amines is 1.